The van der Waals surface area contributed by atoms with Crippen molar-refractivity contribution < 1.29 is 27.5 Å². The van der Waals surface area contributed by atoms with Gasteiger partial charge in [-0.25, -0.2) is 4.39 Å². The molecule has 0 saturated heterocycles. The van der Waals surface area contributed by atoms with Crippen molar-refractivity contribution >= 4 is 5.91 Å². The molecule has 0 radical (unpaired) electrons. The van der Waals surface area contributed by atoms with Crippen LogP contribution in [0.3, 0.4) is 0 Å². The number of hydrogen-bond donors (Lipinski definition) is 2. The van der Waals surface area contributed by atoms with Gasteiger partial charge < -0.3 is 10.4 Å². The fourth-order valence-electron chi connectivity index (χ4n) is 1.42. The molecular weight excluding hydrogens is 266 g/mol. The maximum Gasteiger partial charge on any atom is 0.416 e. The highest BCUT2D eigenvalue weighted by Gasteiger charge is 2.32. The fraction of sp³-hybridized carbons (Fsp3) is 0.417. The molecule has 0 aliphatic rings. The van der Waals surface area contributed by atoms with E-state index in [4.69, 9.17) is 5.11 Å². The molecule has 0 aliphatic carbocycles. The topological polar surface area (TPSA) is 49.3 Å². The van der Waals surface area contributed by atoms with Gasteiger partial charge in [-0.05, 0) is 24.6 Å². The zero-order valence-corrected chi connectivity index (χ0v) is 10.1. The number of carbonyl (C=O) groups is 1. The Bertz CT molecular complexity index is 456. The average Bonchev–Trinajstić information content (AvgIpc) is 2.34. The third kappa shape index (κ3) is 3.92. The van der Waals surface area contributed by atoms with E-state index in [2.05, 4.69) is 5.32 Å². The standard InChI is InChI=1S/C12H13F4NO2/c1-2-8(6-18)17-11(19)9-5-7(12(14,15)16)3-4-10(9)13/h3-5,8,18H,2,6H2,1H3,(H,17,19)/t8-/m0/s1. The highest BCUT2D eigenvalue weighted by molar-refractivity contribution is 5.94. The number of aliphatic hydroxyl groups is 1. The van der Waals surface area contributed by atoms with Gasteiger partial charge in [-0.2, -0.15) is 13.2 Å². The van der Waals surface area contributed by atoms with Crippen LogP contribution in [0, 0.1) is 5.82 Å². The van der Waals surface area contributed by atoms with E-state index in [0.717, 1.165) is 0 Å². The van der Waals surface area contributed by atoms with Crippen molar-refractivity contribution in [2.75, 3.05) is 6.61 Å². The lowest BCUT2D eigenvalue weighted by Crippen LogP contribution is -2.37. The van der Waals surface area contributed by atoms with Crippen LogP contribution in [0.5, 0.6) is 0 Å². The predicted molar refractivity (Wildman–Crippen MR) is 60.0 cm³/mol. The van der Waals surface area contributed by atoms with Gasteiger partial charge in [0.05, 0.1) is 23.8 Å². The number of aliphatic hydroxyl groups excluding tert-OH is 1. The molecule has 1 amide bonds. The Kier molecular flexibility index (Phi) is 4.88. The van der Waals surface area contributed by atoms with Gasteiger partial charge in [-0.1, -0.05) is 6.92 Å². The Morgan fingerprint density at radius 1 is 1.42 bits per heavy atom. The van der Waals surface area contributed by atoms with Gasteiger partial charge in [0.25, 0.3) is 5.91 Å². The number of alkyl halides is 3. The predicted octanol–water partition coefficient (Wildman–Crippen LogP) is 2.35. The number of benzene rings is 1. The SMILES string of the molecule is CC[C@@H](CO)NC(=O)c1cc(C(F)(F)F)ccc1F. The maximum absolute atomic E-state index is 13.4. The summed E-state index contributed by atoms with van der Waals surface area (Å²) < 4.78 is 50.8. The average molecular weight is 279 g/mol. The van der Waals surface area contributed by atoms with Crippen LogP contribution in [0.1, 0.15) is 29.3 Å². The number of rotatable bonds is 4. The van der Waals surface area contributed by atoms with Crippen molar-refractivity contribution in [3.63, 3.8) is 0 Å². The molecule has 0 aliphatic heterocycles. The van der Waals surface area contributed by atoms with E-state index < -0.39 is 35.1 Å². The van der Waals surface area contributed by atoms with Crippen LogP contribution >= 0.6 is 0 Å². The van der Waals surface area contributed by atoms with Gasteiger partial charge in [0, 0.05) is 0 Å². The van der Waals surface area contributed by atoms with Gasteiger partial charge in [0.1, 0.15) is 5.82 Å². The minimum Gasteiger partial charge on any atom is -0.394 e. The third-order valence-corrected chi connectivity index (χ3v) is 2.59. The van der Waals surface area contributed by atoms with Crippen LogP contribution in [0.4, 0.5) is 17.6 Å². The number of amides is 1. The molecule has 0 saturated carbocycles. The zero-order valence-electron chi connectivity index (χ0n) is 10.1. The normalized spacial score (nSPS) is 13.2. The summed E-state index contributed by atoms with van der Waals surface area (Å²) in [4.78, 5) is 11.6. The van der Waals surface area contributed by atoms with Crippen LogP contribution in [-0.4, -0.2) is 23.7 Å². The number of hydrogen-bond acceptors (Lipinski definition) is 2. The zero-order chi connectivity index (χ0) is 14.6. The molecule has 0 spiro atoms. The lowest BCUT2D eigenvalue weighted by Gasteiger charge is -2.15. The molecule has 1 aromatic rings. The summed E-state index contributed by atoms with van der Waals surface area (Å²) in [5.74, 6) is -2.03. The largest absolute Gasteiger partial charge is 0.416 e. The fourth-order valence-corrected chi connectivity index (χ4v) is 1.42. The number of carbonyl (C=O) groups excluding carboxylic acids is 1. The number of nitrogens with one attached hydrogen (secondary N) is 1. The first-order valence-electron chi connectivity index (χ1n) is 5.58. The van der Waals surface area contributed by atoms with E-state index in [1.165, 1.54) is 0 Å². The molecule has 1 atom stereocenters. The van der Waals surface area contributed by atoms with Crippen molar-refractivity contribution in [1.29, 1.82) is 0 Å². The minimum absolute atomic E-state index is 0.372. The van der Waals surface area contributed by atoms with Crippen molar-refractivity contribution in [3.05, 3.63) is 35.1 Å². The summed E-state index contributed by atoms with van der Waals surface area (Å²) in [6.07, 6.45) is -4.27. The third-order valence-electron chi connectivity index (χ3n) is 2.59. The molecular formula is C12H13F4NO2. The molecule has 19 heavy (non-hydrogen) atoms. The van der Waals surface area contributed by atoms with Crippen LogP contribution in [-0.2, 0) is 6.18 Å². The molecule has 106 valence electrons. The first-order chi connectivity index (χ1) is 8.79. The Morgan fingerprint density at radius 3 is 2.53 bits per heavy atom. The Balaban J connectivity index is 3.02. The molecule has 2 N–H and O–H groups in total. The summed E-state index contributed by atoms with van der Waals surface area (Å²) in [5, 5.41) is 11.1. The lowest BCUT2D eigenvalue weighted by molar-refractivity contribution is -0.137. The van der Waals surface area contributed by atoms with Crippen molar-refractivity contribution in [3.8, 4) is 0 Å². The molecule has 0 unspecified atom stereocenters. The van der Waals surface area contributed by atoms with Crippen molar-refractivity contribution in [2.24, 2.45) is 0 Å². The van der Waals surface area contributed by atoms with Gasteiger partial charge in [0.2, 0.25) is 0 Å². The van der Waals surface area contributed by atoms with Gasteiger partial charge >= 0.3 is 6.18 Å². The monoisotopic (exact) mass is 279 g/mol. The molecule has 0 fully saturated rings. The first-order valence-corrected chi connectivity index (χ1v) is 5.58. The van der Waals surface area contributed by atoms with E-state index in [1.54, 1.807) is 6.92 Å². The van der Waals surface area contributed by atoms with Crippen molar-refractivity contribution in [2.45, 2.75) is 25.6 Å². The minimum atomic E-state index is -4.65. The van der Waals surface area contributed by atoms with E-state index >= 15 is 0 Å². The van der Waals surface area contributed by atoms with Crippen LogP contribution in [0.2, 0.25) is 0 Å². The van der Waals surface area contributed by atoms with E-state index in [-0.39, 0.29) is 6.61 Å². The van der Waals surface area contributed by atoms with Crippen LogP contribution < -0.4 is 5.32 Å². The second kappa shape index (κ2) is 6.01. The van der Waals surface area contributed by atoms with E-state index in [9.17, 15) is 22.4 Å². The van der Waals surface area contributed by atoms with Crippen LogP contribution in [0.15, 0.2) is 18.2 Å². The molecule has 0 bridgehead atoms. The molecule has 0 aromatic heterocycles. The highest BCUT2D eigenvalue weighted by Crippen LogP contribution is 2.30. The highest BCUT2D eigenvalue weighted by atomic mass is 19.4. The quantitative estimate of drug-likeness (QED) is 0.831. The molecule has 0 heterocycles. The second-order valence-corrected chi connectivity index (χ2v) is 3.95. The smallest absolute Gasteiger partial charge is 0.394 e. The van der Waals surface area contributed by atoms with Gasteiger partial charge in [-0.3, -0.25) is 4.79 Å². The lowest BCUT2D eigenvalue weighted by atomic mass is 10.1. The molecule has 3 nitrogen and oxygen atoms in total. The van der Waals surface area contributed by atoms with Gasteiger partial charge in [-0.15, -0.1) is 0 Å². The Hall–Kier alpha value is -1.63. The maximum atomic E-state index is 13.4. The second-order valence-electron chi connectivity index (χ2n) is 3.95. The van der Waals surface area contributed by atoms with Crippen LogP contribution in [0.25, 0.3) is 0 Å². The summed E-state index contributed by atoms with van der Waals surface area (Å²) in [6.45, 7) is 1.30. The first kappa shape index (κ1) is 15.4. The molecule has 7 heteroatoms. The molecule has 1 aromatic carbocycles. The summed E-state index contributed by atoms with van der Waals surface area (Å²) in [5.41, 5.74) is -1.79. The Labute approximate surface area is 107 Å². The molecule has 1 rings (SSSR count). The van der Waals surface area contributed by atoms with Gasteiger partial charge in [0.15, 0.2) is 0 Å². The number of halogens is 4. The van der Waals surface area contributed by atoms with E-state index in [0.29, 0.717) is 24.6 Å². The summed E-state index contributed by atoms with van der Waals surface area (Å²) >= 11 is 0. The summed E-state index contributed by atoms with van der Waals surface area (Å²) in [7, 11) is 0. The summed E-state index contributed by atoms with van der Waals surface area (Å²) in [6, 6.07) is 0.989. The van der Waals surface area contributed by atoms with Crippen molar-refractivity contribution in [1.82, 2.24) is 5.32 Å². The Morgan fingerprint density at radius 2 is 2.05 bits per heavy atom. The van der Waals surface area contributed by atoms with E-state index in [1.807, 2.05) is 0 Å².